The highest BCUT2D eigenvalue weighted by Crippen LogP contribution is 2.29. The van der Waals surface area contributed by atoms with Gasteiger partial charge in [0.15, 0.2) is 0 Å². The Morgan fingerprint density at radius 3 is 2.88 bits per heavy atom. The minimum Gasteiger partial charge on any atom is -0.351 e. The third-order valence-corrected chi connectivity index (χ3v) is 4.77. The zero-order valence-corrected chi connectivity index (χ0v) is 14.9. The first-order chi connectivity index (χ1) is 12.0. The monoisotopic (exact) mass is 340 g/mol. The molecular formula is C19H24N4O2. The van der Waals surface area contributed by atoms with Gasteiger partial charge in [0.1, 0.15) is 0 Å². The molecule has 0 aliphatic carbocycles. The highest BCUT2D eigenvalue weighted by molar-refractivity contribution is 6.00. The van der Waals surface area contributed by atoms with Gasteiger partial charge < -0.3 is 10.2 Å². The van der Waals surface area contributed by atoms with Gasteiger partial charge in [0.05, 0.1) is 12.5 Å². The Morgan fingerprint density at radius 2 is 2.16 bits per heavy atom. The highest BCUT2D eigenvalue weighted by atomic mass is 16.2. The maximum absolute atomic E-state index is 12.5. The van der Waals surface area contributed by atoms with E-state index in [9.17, 15) is 9.59 Å². The lowest BCUT2D eigenvalue weighted by atomic mass is 10.1. The first-order valence-electron chi connectivity index (χ1n) is 8.60. The zero-order valence-electron chi connectivity index (χ0n) is 14.9. The van der Waals surface area contributed by atoms with Crippen LogP contribution >= 0.6 is 0 Å². The van der Waals surface area contributed by atoms with E-state index in [1.807, 2.05) is 51.2 Å². The zero-order chi connectivity index (χ0) is 18.0. The number of nitrogens with zero attached hydrogens (tertiary/aromatic N) is 3. The molecule has 0 saturated carbocycles. The van der Waals surface area contributed by atoms with Crippen LogP contribution in [0.25, 0.3) is 0 Å². The van der Waals surface area contributed by atoms with E-state index in [2.05, 4.69) is 10.4 Å². The van der Waals surface area contributed by atoms with Crippen LogP contribution in [0.3, 0.4) is 0 Å². The van der Waals surface area contributed by atoms with Crippen LogP contribution in [-0.4, -0.2) is 34.2 Å². The van der Waals surface area contributed by atoms with E-state index in [1.165, 1.54) is 0 Å². The number of rotatable bonds is 5. The average molecular weight is 340 g/mol. The third kappa shape index (κ3) is 3.73. The summed E-state index contributed by atoms with van der Waals surface area (Å²) in [7, 11) is 0. The maximum Gasteiger partial charge on any atom is 0.227 e. The standard InChI is InChI=1S/C19H24N4O2/c1-13-6-4-7-17(15(13)3)23-12-16(10-18(23)24)19(25)21-14(2)11-22-9-5-8-20-22/h4-9,14,16H,10-12H2,1-3H3,(H,21,25). The molecule has 3 rings (SSSR count). The van der Waals surface area contributed by atoms with E-state index in [0.29, 0.717) is 13.1 Å². The molecule has 1 aromatic carbocycles. The van der Waals surface area contributed by atoms with Gasteiger partial charge in [-0.2, -0.15) is 5.10 Å². The molecule has 6 nitrogen and oxygen atoms in total. The molecule has 2 atom stereocenters. The Hall–Kier alpha value is -2.63. The van der Waals surface area contributed by atoms with Gasteiger partial charge in [-0.15, -0.1) is 0 Å². The van der Waals surface area contributed by atoms with Crippen molar-refractivity contribution < 1.29 is 9.59 Å². The van der Waals surface area contributed by atoms with E-state index in [4.69, 9.17) is 0 Å². The summed E-state index contributed by atoms with van der Waals surface area (Å²) in [6, 6.07) is 7.73. The molecule has 1 N–H and O–H groups in total. The molecule has 0 spiro atoms. The van der Waals surface area contributed by atoms with Crippen LogP contribution in [0.2, 0.25) is 0 Å². The van der Waals surface area contributed by atoms with Crippen molar-refractivity contribution in [1.82, 2.24) is 15.1 Å². The third-order valence-electron chi connectivity index (χ3n) is 4.77. The molecule has 132 valence electrons. The number of amides is 2. The molecule has 0 bridgehead atoms. The second kappa shape index (κ2) is 7.09. The predicted octanol–water partition coefficient (Wildman–Crippen LogP) is 2.06. The number of carbonyl (C=O) groups is 2. The van der Waals surface area contributed by atoms with E-state index < -0.39 is 0 Å². The molecule has 1 fully saturated rings. The van der Waals surface area contributed by atoms with Crippen molar-refractivity contribution in [1.29, 1.82) is 0 Å². The Labute approximate surface area is 147 Å². The quantitative estimate of drug-likeness (QED) is 0.906. The molecule has 2 heterocycles. The summed E-state index contributed by atoms with van der Waals surface area (Å²) in [6.07, 6.45) is 3.84. The number of aryl methyl sites for hydroxylation is 1. The van der Waals surface area contributed by atoms with Crippen LogP contribution in [0.15, 0.2) is 36.7 Å². The minimum absolute atomic E-state index is 0.00794. The maximum atomic E-state index is 12.5. The van der Waals surface area contributed by atoms with E-state index >= 15 is 0 Å². The van der Waals surface area contributed by atoms with E-state index in [-0.39, 0.29) is 30.2 Å². The lowest BCUT2D eigenvalue weighted by molar-refractivity contribution is -0.126. The molecule has 25 heavy (non-hydrogen) atoms. The Kier molecular flexibility index (Phi) is 4.88. The molecule has 0 radical (unpaired) electrons. The summed E-state index contributed by atoms with van der Waals surface area (Å²) in [5, 5.41) is 7.15. The van der Waals surface area contributed by atoms with Crippen molar-refractivity contribution in [2.45, 2.75) is 39.8 Å². The molecule has 1 aliphatic heterocycles. The van der Waals surface area contributed by atoms with Gasteiger partial charge in [-0.25, -0.2) is 0 Å². The Bertz CT molecular complexity index is 770. The number of carbonyl (C=O) groups excluding carboxylic acids is 2. The molecule has 2 aromatic rings. The van der Waals surface area contributed by atoms with Gasteiger partial charge in [-0.05, 0) is 44.0 Å². The van der Waals surface area contributed by atoms with Gasteiger partial charge in [0.2, 0.25) is 11.8 Å². The number of hydrogen-bond acceptors (Lipinski definition) is 3. The van der Waals surface area contributed by atoms with Crippen molar-refractivity contribution >= 4 is 17.5 Å². The van der Waals surface area contributed by atoms with Gasteiger partial charge in [0.25, 0.3) is 0 Å². The molecule has 2 amide bonds. The lowest BCUT2D eigenvalue weighted by Gasteiger charge is -2.21. The van der Waals surface area contributed by atoms with Crippen LogP contribution in [0.1, 0.15) is 24.5 Å². The summed E-state index contributed by atoms with van der Waals surface area (Å²) < 4.78 is 1.78. The first kappa shape index (κ1) is 17.2. The normalized spacial score (nSPS) is 18.4. The van der Waals surface area contributed by atoms with Crippen molar-refractivity contribution in [3.05, 3.63) is 47.8 Å². The van der Waals surface area contributed by atoms with Crippen LogP contribution in [0.4, 0.5) is 5.69 Å². The lowest BCUT2D eigenvalue weighted by Crippen LogP contribution is -2.40. The van der Waals surface area contributed by atoms with Crippen molar-refractivity contribution in [3.8, 4) is 0 Å². The summed E-state index contributed by atoms with van der Waals surface area (Å²) in [6.45, 7) is 7.03. The van der Waals surface area contributed by atoms with Crippen LogP contribution in [-0.2, 0) is 16.1 Å². The van der Waals surface area contributed by atoms with Crippen LogP contribution in [0.5, 0.6) is 0 Å². The number of anilines is 1. The fraction of sp³-hybridized carbons (Fsp3) is 0.421. The van der Waals surface area contributed by atoms with Crippen molar-refractivity contribution in [2.75, 3.05) is 11.4 Å². The Morgan fingerprint density at radius 1 is 1.36 bits per heavy atom. The van der Waals surface area contributed by atoms with Gasteiger partial charge in [0, 0.05) is 37.1 Å². The summed E-state index contributed by atoms with van der Waals surface area (Å²) >= 11 is 0. The molecule has 6 heteroatoms. The fourth-order valence-electron chi connectivity index (χ4n) is 3.24. The number of benzene rings is 1. The number of nitrogens with one attached hydrogen (secondary N) is 1. The van der Waals surface area contributed by atoms with E-state index in [1.54, 1.807) is 15.8 Å². The van der Waals surface area contributed by atoms with Crippen LogP contribution in [0, 0.1) is 19.8 Å². The SMILES string of the molecule is Cc1cccc(N2CC(C(=O)NC(C)Cn3cccn3)CC2=O)c1C. The average Bonchev–Trinajstić information content (AvgIpc) is 3.19. The number of hydrogen-bond donors (Lipinski definition) is 1. The summed E-state index contributed by atoms with van der Waals surface area (Å²) in [4.78, 5) is 26.7. The highest BCUT2D eigenvalue weighted by Gasteiger charge is 2.36. The predicted molar refractivity (Wildman–Crippen MR) is 96.2 cm³/mol. The molecule has 1 aromatic heterocycles. The largest absolute Gasteiger partial charge is 0.351 e. The second-order valence-electron chi connectivity index (χ2n) is 6.76. The van der Waals surface area contributed by atoms with E-state index in [0.717, 1.165) is 16.8 Å². The molecule has 1 saturated heterocycles. The molecular weight excluding hydrogens is 316 g/mol. The second-order valence-corrected chi connectivity index (χ2v) is 6.76. The van der Waals surface area contributed by atoms with Crippen molar-refractivity contribution in [2.24, 2.45) is 5.92 Å². The van der Waals surface area contributed by atoms with Gasteiger partial charge in [-0.1, -0.05) is 12.1 Å². The molecule has 2 unspecified atom stereocenters. The number of aromatic nitrogens is 2. The van der Waals surface area contributed by atoms with Gasteiger partial charge in [-0.3, -0.25) is 14.3 Å². The molecule has 1 aliphatic rings. The Balaban J connectivity index is 1.63. The smallest absolute Gasteiger partial charge is 0.227 e. The summed E-state index contributed by atoms with van der Waals surface area (Å²) in [5.74, 6) is -0.373. The van der Waals surface area contributed by atoms with Crippen LogP contribution < -0.4 is 10.2 Å². The fourth-order valence-corrected chi connectivity index (χ4v) is 3.24. The van der Waals surface area contributed by atoms with Crippen molar-refractivity contribution in [3.63, 3.8) is 0 Å². The minimum atomic E-state index is -0.313. The topological polar surface area (TPSA) is 67.2 Å². The first-order valence-corrected chi connectivity index (χ1v) is 8.60. The van der Waals surface area contributed by atoms with Gasteiger partial charge >= 0.3 is 0 Å². The summed E-state index contributed by atoms with van der Waals surface area (Å²) in [5.41, 5.74) is 3.14.